The highest BCUT2D eigenvalue weighted by Crippen LogP contribution is 2.29. The molecule has 2 nitrogen and oxygen atoms in total. The van der Waals surface area contributed by atoms with Crippen molar-refractivity contribution in [1.29, 1.82) is 0 Å². The fourth-order valence-corrected chi connectivity index (χ4v) is 1.82. The van der Waals surface area contributed by atoms with E-state index < -0.39 is 0 Å². The fraction of sp³-hybridized carbons (Fsp3) is 0.333. The summed E-state index contributed by atoms with van der Waals surface area (Å²) in [7, 11) is 0. The van der Waals surface area contributed by atoms with Gasteiger partial charge >= 0.3 is 0 Å². The molecule has 1 N–H and O–H groups in total. The second-order valence-corrected chi connectivity index (χ2v) is 3.57. The predicted octanol–water partition coefficient (Wildman–Crippen LogP) is 3.40. The summed E-state index contributed by atoms with van der Waals surface area (Å²) in [5.41, 5.74) is 2.09. The average Bonchev–Trinajstić information content (AvgIpc) is 2.45. The van der Waals surface area contributed by atoms with Crippen molar-refractivity contribution in [1.82, 2.24) is 0 Å². The standard InChI is InChI=1S/C12H14O2/c1-3-4-10-8(2)14-12-6-5-9(13)7-11(10)12/h5-7,13H,3-4H2,1-2H3. The van der Waals surface area contributed by atoms with Crippen molar-refractivity contribution >= 4 is 11.0 Å². The Kier molecular flexibility index (Phi) is 2.20. The van der Waals surface area contributed by atoms with Gasteiger partial charge in [0, 0.05) is 10.9 Å². The van der Waals surface area contributed by atoms with Crippen molar-refractivity contribution in [2.75, 3.05) is 0 Å². The Morgan fingerprint density at radius 1 is 1.36 bits per heavy atom. The minimum absolute atomic E-state index is 0.302. The van der Waals surface area contributed by atoms with E-state index >= 15 is 0 Å². The third kappa shape index (κ3) is 1.37. The summed E-state index contributed by atoms with van der Waals surface area (Å²) in [5, 5.41) is 10.4. The van der Waals surface area contributed by atoms with Crippen molar-refractivity contribution in [2.24, 2.45) is 0 Å². The van der Waals surface area contributed by atoms with Gasteiger partial charge in [-0.2, -0.15) is 0 Å². The molecule has 0 atom stereocenters. The molecule has 2 aromatic rings. The molecule has 0 bridgehead atoms. The van der Waals surface area contributed by atoms with E-state index in [9.17, 15) is 5.11 Å². The van der Waals surface area contributed by atoms with Crippen LogP contribution in [-0.4, -0.2) is 5.11 Å². The van der Waals surface area contributed by atoms with Crippen molar-refractivity contribution < 1.29 is 9.52 Å². The second-order valence-electron chi connectivity index (χ2n) is 3.57. The van der Waals surface area contributed by atoms with Crippen molar-refractivity contribution in [3.05, 3.63) is 29.5 Å². The van der Waals surface area contributed by atoms with Crippen LogP contribution in [-0.2, 0) is 6.42 Å². The van der Waals surface area contributed by atoms with E-state index in [-0.39, 0.29) is 0 Å². The normalized spacial score (nSPS) is 11.0. The Morgan fingerprint density at radius 2 is 2.14 bits per heavy atom. The van der Waals surface area contributed by atoms with Gasteiger partial charge in [-0.1, -0.05) is 13.3 Å². The molecule has 0 saturated heterocycles. The highest BCUT2D eigenvalue weighted by atomic mass is 16.3. The van der Waals surface area contributed by atoms with Crippen molar-refractivity contribution in [3.63, 3.8) is 0 Å². The van der Waals surface area contributed by atoms with Crippen LogP contribution < -0.4 is 0 Å². The van der Waals surface area contributed by atoms with E-state index in [1.54, 1.807) is 12.1 Å². The molecule has 0 fully saturated rings. The van der Waals surface area contributed by atoms with E-state index in [0.717, 1.165) is 29.6 Å². The lowest BCUT2D eigenvalue weighted by molar-refractivity contribution is 0.475. The number of aromatic hydroxyl groups is 1. The SMILES string of the molecule is CCCc1c(C)oc2ccc(O)cc12. The molecule has 2 rings (SSSR count). The first-order chi connectivity index (χ1) is 6.72. The van der Waals surface area contributed by atoms with Crippen molar-refractivity contribution in [3.8, 4) is 5.75 Å². The van der Waals surface area contributed by atoms with Gasteiger partial charge in [0.25, 0.3) is 0 Å². The summed E-state index contributed by atoms with van der Waals surface area (Å²) in [5.74, 6) is 1.27. The van der Waals surface area contributed by atoms with Gasteiger partial charge in [0.05, 0.1) is 0 Å². The van der Waals surface area contributed by atoms with Crippen LogP contribution in [0.2, 0.25) is 0 Å². The third-order valence-electron chi connectivity index (χ3n) is 2.48. The number of hydrogen-bond acceptors (Lipinski definition) is 2. The minimum atomic E-state index is 0.302. The maximum absolute atomic E-state index is 9.39. The first-order valence-corrected chi connectivity index (χ1v) is 4.93. The molecule has 2 heteroatoms. The van der Waals surface area contributed by atoms with Crippen LogP contribution in [0, 0.1) is 6.92 Å². The van der Waals surface area contributed by atoms with Gasteiger partial charge in [0.2, 0.25) is 0 Å². The lowest BCUT2D eigenvalue weighted by Crippen LogP contribution is -1.82. The molecule has 0 aliphatic carbocycles. The summed E-state index contributed by atoms with van der Waals surface area (Å²) in [6.07, 6.45) is 2.09. The largest absolute Gasteiger partial charge is 0.508 e. The number of hydrogen-bond donors (Lipinski definition) is 1. The van der Waals surface area contributed by atoms with Crippen LogP contribution in [0.25, 0.3) is 11.0 Å². The number of phenolic OH excluding ortho intramolecular Hbond substituents is 1. The van der Waals surface area contributed by atoms with Gasteiger partial charge in [0.1, 0.15) is 17.1 Å². The topological polar surface area (TPSA) is 33.4 Å². The van der Waals surface area contributed by atoms with Crippen LogP contribution in [0.5, 0.6) is 5.75 Å². The summed E-state index contributed by atoms with van der Waals surface area (Å²) in [4.78, 5) is 0. The molecular formula is C12H14O2. The Balaban J connectivity index is 2.66. The van der Waals surface area contributed by atoms with Gasteiger partial charge in [-0.15, -0.1) is 0 Å². The molecule has 1 aromatic carbocycles. The third-order valence-corrected chi connectivity index (χ3v) is 2.48. The molecule has 0 saturated carbocycles. The van der Waals surface area contributed by atoms with Gasteiger partial charge in [-0.25, -0.2) is 0 Å². The first kappa shape index (κ1) is 9.13. The van der Waals surface area contributed by atoms with Gasteiger partial charge in [-0.05, 0) is 31.5 Å². The molecule has 14 heavy (non-hydrogen) atoms. The molecule has 0 radical (unpaired) electrons. The maximum atomic E-state index is 9.39. The molecule has 1 heterocycles. The number of phenols is 1. The monoisotopic (exact) mass is 190 g/mol. The number of fused-ring (bicyclic) bond motifs is 1. The van der Waals surface area contributed by atoms with Crippen LogP contribution in [0.3, 0.4) is 0 Å². The molecular weight excluding hydrogens is 176 g/mol. The molecule has 0 aliphatic rings. The van der Waals surface area contributed by atoms with E-state index in [2.05, 4.69) is 6.92 Å². The van der Waals surface area contributed by atoms with Crippen LogP contribution >= 0.6 is 0 Å². The van der Waals surface area contributed by atoms with Crippen LogP contribution in [0.1, 0.15) is 24.7 Å². The summed E-state index contributed by atoms with van der Waals surface area (Å²) in [6.45, 7) is 4.11. The zero-order valence-corrected chi connectivity index (χ0v) is 8.50. The van der Waals surface area contributed by atoms with Crippen LogP contribution in [0.15, 0.2) is 22.6 Å². The molecule has 0 spiro atoms. The number of furan rings is 1. The maximum Gasteiger partial charge on any atom is 0.134 e. The van der Waals surface area contributed by atoms with Gasteiger partial charge < -0.3 is 9.52 Å². The van der Waals surface area contributed by atoms with E-state index in [1.807, 2.05) is 13.0 Å². The van der Waals surface area contributed by atoms with E-state index in [1.165, 1.54) is 5.56 Å². The quantitative estimate of drug-likeness (QED) is 0.787. The highest BCUT2D eigenvalue weighted by molar-refractivity contribution is 5.83. The van der Waals surface area contributed by atoms with E-state index in [0.29, 0.717) is 5.75 Å². The average molecular weight is 190 g/mol. The Hall–Kier alpha value is -1.44. The highest BCUT2D eigenvalue weighted by Gasteiger charge is 2.09. The smallest absolute Gasteiger partial charge is 0.134 e. The summed E-state index contributed by atoms with van der Waals surface area (Å²) >= 11 is 0. The van der Waals surface area contributed by atoms with Crippen LogP contribution in [0.4, 0.5) is 0 Å². The zero-order chi connectivity index (χ0) is 10.1. The summed E-state index contributed by atoms with van der Waals surface area (Å²) in [6, 6.07) is 5.24. The lowest BCUT2D eigenvalue weighted by atomic mass is 10.1. The number of aryl methyl sites for hydroxylation is 2. The number of benzene rings is 1. The minimum Gasteiger partial charge on any atom is -0.508 e. The second kappa shape index (κ2) is 3.37. The van der Waals surface area contributed by atoms with Gasteiger partial charge in [-0.3, -0.25) is 0 Å². The Morgan fingerprint density at radius 3 is 2.86 bits per heavy atom. The van der Waals surface area contributed by atoms with Crippen molar-refractivity contribution in [2.45, 2.75) is 26.7 Å². The zero-order valence-electron chi connectivity index (χ0n) is 8.50. The number of rotatable bonds is 2. The first-order valence-electron chi connectivity index (χ1n) is 4.93. The molecule has 0 aliphatic heterocycles. The summed E-state index contributed by atoms with van der Waals surface area (Å²) < 4.78 is 5.60. The fourth-order valence-electron chi connectivity index (χ4n) is 1.82. The molecule has 74 valence electrons. The Labute approximate surface area is 83.2 Å². The Bertz CT molecular complexity index is 455. The van der Waals surface area contributed by atoms with Gasteiger partial charge in [0.15, 0.2) is 0 Å². The molecule has 0 amide bonds. The molecule has 1 aromatic heterocycles. The molecule has 0 unspecified atom stereocenters. The lowest BCUT2D eigenvalue weighted by Gasteiger charge is -1.96. The predicted molar refractivity (Wildman–Crippen MR) is 56.6 cm³/mol. The van der Waals surface area contributed by atoms with E-state index in [4.69, 9.17) is 4.42 Å².